The normalized spacial score (nSPS) is 10.5. The van der Waals surface area contributed by atoms with Crippen molar-refractivity contribution in [1.82, 2.24) is 4.98 Å². The maximum Gasteiger partial charge on any atom is 0.355 e. The minimum atomic E-state index is -1.07. The minimum Gasteiger partial charge on any atom is -0.490 e. The molecule has 26 heavy (non-hydrogen) atoms. The van der Waals surface area contributed by atoms with Crippen molar-refractivity contribution in [2.75, 3.05) is 13.2 Å². The van der Waals surface area contributed by atoms with E-state index in [0.29, 0.717) is 34.6 Å². The number of aromatic carboxylic acids is 1. The van der Waals surface area contributed by atoms with Crippen molar-refractivity contribution >= 4 is 28.9 Å². The zero-order valence-corrected chi connectivity index (χ0v) is 15.5. The molecule has 5 nitrogen and oxygen atoms in total. The summed E-state index contributed by atoms with van der Waals surface area (Å²) in [5, 5.41) is 11.6. The molecule has 3 rings (SSSR count). The smallest absolute Gasteiger partial charge is 0.355 e. The highest BCUT2D eigenvalue weighted by Crippen LogP contribution is 2.34. The second kappa shape index (κ2) is 8.21. The third kappa shape index (κ3) is 4.53. The van der Waals surface area contributed by atoms with Crippen molar-refractivity contribution in [3.05, 3.63) is 64.1 Å². The van der Waals surface area contributed by atoms with Gasteiger partial charge in [-0.2, -0.15) is 0 Å². The Labute approximate surface area is 159 Å². The highest BCUT2D eigenvalue weighted by Gasteiger charge is 2.14. The lowest BCUT2D eigenvalue weighted by Gasteiger charge is -2.11. The number of aromatic nitrogens is 1. The van der Waals surface area contributed by atoms with E-state index in [1.165, 1.54) is 22.3 Å². The predicted octanol–water partition coefficient (Wildman–Crippen LogP) is 4.93. The molecule has 0 aliphatic heterocycles. The topological polar surface area (TPSA) is 68.7 Å². The first-order valence-corrected chi connectivity index (χ1v) is 9.10. The van der Waals surface area contributed by atoms with Crippen LogP contribution < -0.4 is 9.47 Å². The van der Waals surface area contributed by atoms with Crippen LogP contribution in [-0.2, 0) is 0 Å². The van der Waals surface area contributed by atoms with Gasteiger partial charge in [0.2, 0.25) is 0 Å². The van der Waals surface area contributed by atoms with Gasteiger partial charge in [-0.1, -0.05) is 29.3 Å². The van der Waals surface area contributed by atoms with Crippen LogP contribution in [0.5, 0.6) is 11.5 Å². The molecule has 0 unspecified atom stereocenters. The molecule has 134 valence electrons. The lowest BCUT2D eigenvalue weighted by Crippen LogP contribution is -2.09. The van der Waals surface area contributed by atoms with Crippen LogP contribution in [0.3, 0.4) is 0 Å². The lowest BCUT2D eigenvalue weighted by atomic mass is 10.2. The maximum absolute atomic E-state index is 11.0. The van der Waals surface area contributed by atoms with Crippen LogP contribution in [0.4, 0.5) is 0 Å². The SMILES string of the molecule is Cc1ccc(OCCOc2ccc(Cl)cc2-c2nc(C(=O)O)cs2)cc1. The largest absolute Gasteiger partial charge is 0.490 e. The Balaban J connectivity index is 1.67. The van der Waals surface area contributed by atoms with E-state index in [9.17, 15) is 4.79 Å². The first-order chi connectivity index (χ1) is 12.5. The monoisotopic (exact) mass is 389 g/mol. The van der Waals surface area contributed by atoms with Crippen molar-refractivity contribution in [2.24, 2.45) is 0 Å². The fraction of sp³-hybridized carbons (Fsp3) is 0.158. The highest BCUT2D eigenvalue weighted by molar-refractivity contribution is 7.13. The second-order valence-electron chi connectivity index (χ2n) is 5.49. The van der Waals surface area contributed by atoms with Gasteiger partial charge in [-0.05, 0) is 37.3 Å². The molecule has 1 heterocycles. The first kappa shape index (κ1) is 18.2. The van der Waals surface area contributed by atoms with Crippen molar-refractivity contribution in [3.8, 4) is 22.1 Å². The molecule has 0 saturated heterocycles. The number of nitrogens with zero attached hydrogens (tertiary/aromatic N) is 1. The molecular formula is C19H16ClNO4S. The van der Waals surface area contributed by atoms with Gasteiger partial charge in [0.25, 0.3) is 0 Å². The molecule has 2 aromatic carbocycles. The molecule has 0 aliphatic rings. The molecule has 0 amide bonds. The van der Waals surface area contributed by atoms with Crippen molar-refractivity contribution in [3.63, 3.8) is 0 Å². The molecule has 1 aromatic heterocycles. The molecule has 0 spiro atoms. The number of rotatable bonds is 7. The Morgan fingerprint density at radius 1 is 1.15 bits per heavy atom. The quantitative estimate of drug-likeness (QED) is 0.580. The van der Waals surface area contributed by atoms with Gasteiger partial charge < -0.3 is 14.6 Å². The van der Waals surface area contributed by atoms with Gasteiger partial charge in [0.05, 0.1) is 5.56 Å². The number of hydrogen-bond acceptors (Lipinski definition) is 5. The van der Waals surface area contributed by atoms with E-state index in [4.69, 9.17) is 26.2 Å². The van der Waals surface area contributed by atoms with E-state index in [1.807, 2.05) is 31.2 Å². The van der Waals surface area contributed by atoms with Gasteiger partial charge in [-0.15, -0.1) is 11.3 Å². The summed E-state index contributed by atoms with van der Waals surface area (Å²) in [6, 6.07) is 12.9. The summed E-state index contributed by atoms with van der Waals surface area (Å²) in [5.41, 5.74) is 1.83. The number of ether oxygens (including phenoxy) is 2. The zero-order chi connectivity index (χ0) is 18.5. The summed E-state index contributed by atoms with van der Waals surface area (Å²) in [5.74, 6) is 0.290. The van der Waals surface area contributed by atoms with Crippen LogP contribution in [0, 0.1) is 6.92 Å². The Kier molecular flexibility index (Phi) is 5.75. The number of carboxylic acid groups (broad SMARTS) is 1. The summed E-state index contributed by atoms with van der Waals surface area (Å²) >= 11 is 7.30. The molecule has 0 saturated carbocycles. The number of hydrogen-bond donors (Lipinski definition) is 1. The van der Waals surface area contributed by atoms with Crippen LogP contribution in [0.2, 0.25) is 5.02 Å². The number of carboxylic acids is 1. The Hall–Kier alpha value is -2.57. The fourth-order valence-electron chi connectivity index (χ4n) is 2.24. The van der Waals surface area contributed by atoms with E-state index < -0.39 is 5.97 Å². The van der Waals surface area contributed by atoms with Gasteiger partial charge in [0.1, 0.15) is 29.7 Å². The molecule has 1 N–H and O–H groups in total. The Morgan fingerprint density at radius 2 is 1.88 bits per heavy atom. The van der Waals surface area contributed by atoms with Crippen LogP contribution >= 0.6 is 22.9 Å². The van der Waals surface area contributed by atoms with Crippen molar-refractivity contribution < 1.29 is 19.4 Å². The minimum absolute atomic E-state index is 0.00127. The summed E-state index contributed by atoms with van der Waals surface area (Å²) in [6.45, 7) is 2.73. The summed E-state index contributed by atoms with van der Waals surface area (Å²) in [6.07, 6.45) is 0. The zero-order valence-electron chi connectivity index (χ0n) is 13.9. The third-order valence-corrected chi connectivity index (χ3v) is 4.64. The summed E-state index contributed by atoms with van der Waals surface area (Å²) in [7, 11) is 0. The van der Waals surface area contributed by atoms with Crippen LogP contribution in [0.25, 0.3) is 10.6 Å². The second-order valence-corrected chi connectivity index (χ2v) is 6.79. The van der Waals surface area contributed by atoms with E-state index >= 15 is 0 Å². The van der Waals surface area contributed by atoms with Gasteiger partial charge >= 0.3 is 5.97 Å². The standard InChI is InChI=1S/C19H16ClNO4S/c1-12-2-5-14(6-3-12)24-8-9-25-17-7-4-13(20)10-15(17)18-21-16(11-26-18)19(22)23/h2-7,10-11H,8-9H2,1H3,(H,22,23). The Bertz CT molecular complexity index is 908. The van der Waals surface area contributed by atoms with E-state index in [0.717, 1.165) is 5.75 Å². The van der Waals surface area contributed by atoms with Crippen LogP contribution in [-0.4, -0.2) is 29.3 Å². The maximum atomic E-state index is 11.0. The van der Waals surface area contributed by atoms with E-state index in [-0.39, 0.29) is 5.69 Å². The first-order valence-electron chi connectivity index (χ1n) is 7.84. The average molecular weight is 390 g/mol. The summed E-state index contributed by atoms with van der Waals surface area (Å²) < 4.78 is 11.4. The number of benzene rings is 2. The van der Waals surface area contributed by atoms with Gasteiger partial charge in [0, 0.05) is 10.4 Å². The molecule has 0 radical (unpaired) electrons. The number of aryl methyl sites for hydroxylation is 1. The van der Waals surface area contributed by atoms with E-state index in [2.05, 4.69) is 4.98 Å². The van der Waals surface area contributed by atoms with Crippen LogP contribution in [0.15, 0.2) is 47.8 Å². The van der Waals surface area contributed by atoms with Gasteiger partial charge in [0.15, 0.2) is 5.69 Å². The third-order valence-electron chi connectivity index (χ3n) is 3.53. The predicted molar refractivity (Wildman–Crippen MR) is 102 cm³/mol. The molecule has 3 aromatic rings. The van der Waals surface area contributed by atoms with Gasteiger partial charge in [-0.3, -0.25) is 0 Å². The van der Waals surface area contributed by atoms with E-state index in [1.54, 1.807) is 18.2 Å². The fourth-order valence-corrected chi connectivity index (χ4v) is 3.22. The number of carbonyl (C=O) groups is 1. The summed E-state index contributed by atoms with van der Waals surface area (Å²) in [4.78, 5) is 15.1. The molecule has 7 heteroatoms. The Morgan fingerprint density at radius 3 is 2.58 bits per heavy atom. The molecule has 0 fully saturated rings. The van der Waals surface area contributed by atoms with Crippen LogP contribution in [0.1, 0.15) is 16.1 Å². The molecule has 0 aliphatic carbocycles. The molecule has 0 atom stereocenters. The lowest BCUT2D eigenvalue weighted by molar-refractivity contribution is 0.0691. The number of thiazole rings is 1. The number of halogens is 1. The van der Waals surface area contributed by atoms with Crippen molar-refractivity contribution in [2.45, 2.75) is 6.92 Å². The molecular weight excluding hydrogens is 374 g/mol. The molecule has 0 bridgehead atoms. The highest BCUT2D eigenvalue weighted by atomic mass is 35.5. The average Bonchev–Trinajstić information content (AvgIpc) is 3.11. The van der Waals surface area contributed by atoms with Gasteiger partial charge in [-0.25, -0.2) is 9.78 Å². The van der Waals surface area contributed by atoms with Crippen molar-refractivity contribution in [1.29, 1.82) is 0 Å².